The topological polar surface area (TPSA) is 101 Å². The quantitative estimate of drug-likeness (QED) is 0.525. The highest BCUT2D eigenvalue weighted by atomic mass is 16.5. The first-order valence-electron chi connectivity index (χ1n) is 10.9. The minimum atomic E-state index is 0.194. The predicted octanol–water partition coefficient (Wildman–Crippen LogP) is 2.04. The highest BCUT2D eigenvalue weighted by Gasteiger charge is 2.24. The van der Waals surface area contributed by atoms with Gasteiger partial charge < -0.3 is 20.3 Å². The van der Waals surface area contributed by atoms with Gasteiger partial charge in [-0.2, -0.15) is 5.10 Å². The Morgan fingerprint density at radius 1 is 1.10 bits per heavy atom. The summed E-state index contributed by atoms with van der Waals surface area (Å²) in [5.41, 5.74) is 10.1. The van der Waals surface area contributed by atoms with Crippen molar-refractivity contribution < 1.29 is 4.74 Å². The van der Waals surface area contributed by atoms with Crippen LogP contribution in [0, 0.1) is 0 Å². The molecule has 2 aliphatic rings. The molecule has 1 atom stereocenters. The van der Waals surface area contributed by atoms with Crippen molar-refractivity contribution in [1.82, 2.24) is 24.6 Å². The van der Waals surface area contributed by atoms with Crippen molar-refractivity contribution >= 4 is 28.2 Å². The first-order valence-corrected chi connectivity index (χ1v) is 10.9. The van der Waals surface area contributed by atoms with Gasteiger partial charge in [-0.3, -0.25) is 9.50 Å². The zero-order chi connectivity index (χ0) is 20.8. The number of fused-ring (bicyclic) bond motifs is 2. The summed E-state index contributed by atoms with van der Waals surface area (Å²) in [6, 6.07) is 6.36. The van der Waals surface area contributed by atoms with Crippen molar-refractivity contribution in [1.29, 1.82) is 0 Å². The summed E-state index contributed by atoms with van der Waals surface area (Å²) in [6.45, 7) is 4.84. The zero-order valence-electron chi connectivity index (χ0n) is 17.4. The van der Waals surface area contributed by atoms with Crippen LogP contribution in [-0.2, 0) is 4.74 Å². The fourth-order valence-corrected chi connectivity index (χ4v) is 4.72. The third kappa shape index (κ3) is 3.21. The molecule has 2 saturated heterocycles. The third-order valence-corrected chi connectivity index (χ3v) is 6.31. The smallest absolute Gasteiger partial charge is 0.181 e. The summed E-state index contributed by atoms with van der Waals surface area (Å²) < 4.78 is 7.76. The first kappa shape index (κ1) is 18.6. The van der Waals surface area contributed by atoms with Crippen LogP contribution in [0.15, 0.2) is 36.8 Å². The number of piperidine rings is 1. The lowest BCUT2D eigenvalue weighted by Gasteiger charge is -2.32. The molecule has 0 spiro atoms. The Balaban J connectivity index is 1.55. The number of nitrogens with one attached hydrogen (secondary N) is 1. The monoisotopic (exact) mass is 418 g/mol. The molecule has 0 aliphatic carbocycles. The van der Waals surface area contributed by atoms with E-state index in [1.165, 1.54) is 0 Å². The second-order valence-corrected chi connectivity index (χ2v) is 8.34. The van der Waals surface area contributed by atoms with Crippen molar-refractivity contribution in [3.8, 4) is 11.3 Å². The molecule has 2 aliphatic heterocycles. The number of morpholine rings is 1. The molecule has 160 valence electrons. The van der Waals surface area contributed by atoms with E-state index in [0.29, 0.717) is 13.2 Å². The van der Waals surface area contributed by atoms with Crippen LogP contribution < -0.4 is 15.5 Å². The Morgan fingerprint density at radius 2 is 2.00 bits per heavy atom. The number of imidazole rings is 1. The van der Waals surface area contributed by atoms with Crippen molar-refractivity contribution in [2.75, 3.05) is 49.2 Å². The number of aromatic nitrogens is 5. The summed E-state index contributed by atoms with van der Waals surface area (Å²) >= 11 is 0. The second-order valence-electron chi connectivity index (χ2n) is 8.34. The van der Waals surface area contributed by atoms with Crippen LogP contribution in [0.3, 0.4) is 0 Å². The van der Waals surface area contributed by atoms with E-state index in [1.54, 1.807) is 0 Å². The average Bonchev–Trinajstić information content (AvgIpc) is 3.46. The van der Waals surface area contributed by atoms with Gasteiger partial charge in [0, 0.05) is 49.4 Å². The van der Waals surface area contributed by atoms with Gasteiger partial charge in [-0.1, -0.05) is 12.1 Å². The van der Waals surface area contributed by atoms with Crippen LogP contribution in [0.2, 0.25) is 0 Å². The van der Waals surface area contributed by atoms with Crippen LogP contribution in [0.5, 0.6) is 0 Å². The molecule has 9 nitrogen and oxygen atoms in total. The van der Waals surface area contributed by atoms with Gasteiger partial charge in [-0.15, -0.1) is 0 Å². The molecule has 0 bridgehead atoms. The number of anilines is 2. The molecule has 31 heavy (non-hydrogen) atoms. The van der Waals surface area contributed by atoms with Gasteiger partial charge in [0.15, 0.2) is 11.5 Å². The first-order chi connectivity index (χ1) is 15.3. The number of benzene rings is 1. The van der Waals surface area contributed by atoms with E-state index in [0.717, 1.165) is 78.5 Å². The Morgan fingerprint density at radius 3 is 2.87 bits per heavy atom. The lowest BCUT2D eigenvalue weighted by molar-refractivity contribution is 0.122. The van der Waals surface area contributed by atoms with Crippen molar-refractivity contribution in [2.24, 2.45) is 5.73 Å². The van der Waals surface area contributed by atoms with Gasteiger partial charge in [0.2, 0.25) is 0 Å². The van der Waals surface area contributed by atoms with Crippen LogP contribution in [0.4, 0.5) is 11.6 Å². The molecular weight excluding hydrogens is 392 g/mol. The number of nitrogens with two attached hydrogens (primary N) is 1. The van der Waals surface area contributed by atoms with Crippen molar-refractivity contribution in [2.45, 2.75) is 18.9 Å². The molecule has 6 rings (SSSR count). The van der Waals surface area contributed by atoms with Crippen LogP contribution in [0.25, 0.3) is 27.8 Å². The van der Waals surface area contributed by atoms with Gasteiger partial charge in [0.05, 0.1) is 36.8 Å². The lowest BCUT2D eigenvalue weighted by Crippen LogP contribution is -2.43. The van der Waals surface area contributed by atoms with Gasteiger partial charge in [0.1, 0.15) is 5.82 Å². The highest BCUT2D eigenvalue weighted by molar-refractivity contribution is 5.93. The summed E-state index contributed by atoms with van der Waals surface area (Å²) in [5, 5.41) is 8.35. The number of nitrogens with zero attached hydrogens (tertiary/aromatic N) is 6. The highest BCUT2D eigenvalue weighted by Crippen LogP contribution is 2.32. The Hall–Kier alpha value is -3.17. The van der Waals surface area contributed by atoms with Gasteiger partial charge in [-0.25, -0.2) is 9.97 Å². The SMILES string of the molecule is NC1CCCN(c2cnc3c(N4CCOCC4)nc(-c4cccc5[nH]ncc45)cn23)C1. The maximum atomic E-state index is 6.28. The Bertz CT molecular complexity index is 1220. The largest absolute Gasteiger partial charge is 0.378 e. The van der Waals surface area contributed by atoms with Crippen LogP contribution in [-0.4, -0.2) is 70.0 Å². The van der Waals surface area contributed by atoms with E-state index < -0.39 is 0 Å². The number of aromatic amines is 1. The lowest BCUT2D eigenvalue weighted by atomic mass is 10.1. The van der Waals surface area contributed by atoms with Crippen molar-refractivity contribution in [3.05, 3.63) is 36.8 Å². The second kappa shape index (κ2) is 7.51. The number of hydrogen-bond donors (Lipinski definition) is 2. The normalized spacial score (nSPS) is 20.1. The average molecular weight is 419 g/mol. The molecule has 3 N–H and O–H groups in total. The molecule has 3 aromatic heterocycles. The van der Waals surface area contributed by atoms with Crippen LogP contribution >= 0.6 is 0 Å². The van der Waals surface area contributed by atoms with E-state index in [4.69, 9.17) is 20.4 Å². The zero-order valence-corrected chi connectivity index (χ0v) is 17.4. The van der Waals surface area contributed by atoms with Crippen molar-refractivity contribution in [3.63, 3.8) is 0 Å². The Kier molecular flexibility index (Phi) is 4.50. The van der Waals surface area contributed by atoms with Crippen LogP contribution in [0.1, 0.15) is 12.8 Å². The standard InChI is InChI=1S/C22H26N8O/c23-15-3-2-6-29(13-15)20-12-24-21-22(28-7-9-31-10-8-28)26-19(14-30(20)21)16-4-1-5-18-17(16)11-25-27-18/h1,4-5,11-12,14-15H,2-3,6-10,13,23H2,(H,25,27). The number of ether oxygens (including phenoxy) is 1. The Labute approximate surface area is 179 Å². The summed E-state index contributed by atoms with van der Waals surface area (Å²) in [4.78, 5) is 14.5. The fourth-order valence-electron chi connectivity index (χ4n) is 4.72. The van der Waals surface area contributed by atoms with Gasteiger partial charge in [-0.05, 0) is 18.9 Å². The van der Waals surface area contributed by atoms with E-state index in [2.05, 4.69) is 36.7 Å². The molecular formula is C22H26N8O. The van der Waals surface area contributed by atoms with E-state index in [-0.39, 0.29) is 6.04 Å². The van der Waals surface area contributed by atoms with Gasteiger partial charge in [0.25, 0.3) is 0 Å². The third-order valence-electron chi connectivity index (χ3n) is 6.31. The fraction of sp³-hybridized carbons (Fsp3) is 0.409. The summed E-state index contributed by atoms with van der Waals surface area (Å²) in [7, 11) is 0. The minimum absolute atomic E-state index is 0.194. The molecule has 1 unspecified atom stereocenters. The van der Waals surface area contributed by atoms with E-state index in [9.17, 15) is 0 Å². The molecule has 0 amide bonds. The summed E-state index contributed by atoms with van der Waals surface area (Å²) in [5.74, 6) is 1.97. The number of rotatable bonds is 3. The molecule has 0 saturated carbocycles. The minimum Gasteiger partial charge on any atom is -0.378 e. The maximum absolute atomic E-state index is 6.28. The maximum Gasteiger partial charge on any atom is 0.181 e. The molecule has 1 aromatic carbocycles. The molecule has 2 fully saturated rings. The van der Waals surface area contributed by atoms with E-state index >= 15 is 0 Å². The molecule has 4 aromatic rings. The number of hydrogen-bond acceptors (Lipinski definition) is 7. The summed E-state index contributed by atoms with van der Waals surface area (Å²) in [6.07, 6.45) is 8.09. The predicted molar refractivity (Wildman–Crippen MR) is 121 cm³/mol. The van der Waals surface area contributed by atoms with E-state index in [1.807, 2.05) is 24.5 Å². The molecule has 9 heteroatoms. The molecule has 5 heterocycles. The van der Waals surface area contributed by atoms with Gasteiger partial charge >= 0.3 is 0 Å². The molecule has 0 radical (unpaired) electrons. The number of H-pyrrole nitrogens is 1.